The van der Waals surface area contributed by atoms with Crippen LogP contribution in [0.5, 0.6) is 0 Å². The van der Waals surface area contributed by atoms with Gasteiger partial charge in [0.1, 0.15) is 6.04 Å². The maximum atomic E-state index is 12.1. The first-order chi connectivity index (χ1) is 11.5. The van der Waals surface area contributed by atoms with Crippen LogP contribution >= 0.6 is 11.3 Å². The molecule has 0 spiro atoms. The summed E-state index contributed by atoms with van der Waals surface area (Å²) in [5.41, 5.74) is 1.55. The number of thiazole rings is 1. The molecule has 1 aromatic carbocycles. The zero-order chi connectivity index (χ0) is 17.5. The topological polar surface area (TPSA) is 141 Å². The van der Waals surface area contributed by atoms with Gasteiger partial charge in [-0.05, 0) is 0 Å². The van der Waals surface area contributed by atoms with Crippen molar-refractivity contribution < 1.29 is 24.6 Å². The monoisotopic (exact) mass is 350 g/mol. The Morgan fingerprint density at radius 2 is 1.83 bits per heavy atom. The van der Waals surface area contributed by atoms with E-state index in [2.05, 4.69) is 10.3 Å². The highest BCUT2D eigenvalue weighted by molar-refractivity contribution is 7.14. The van der Waals surface area contributed by atoms with E-state index in [1.165, 1.54) is 11.3 Å². The lowest BCUT2D eigenvalue weighted by atomic mass is 10.2. The molecule has 0 radical (unpaired) electrons. The van der Waals surface area contributed by atoms with Gasteiger partial charge in [0.2, 0.25) is 0 Å². The standard InChI is InChI=1S/C14H14N4O5S/c19-11(9(17-14(22)23)6-15-13(20)21)18-12-16-10(7-24-12)8-4-2-1-3-5-8/h1-5,7,9,15,17H,6H2,(H,20,21)(H,22,23)(H,16,18,19). The summed E-state index contributed by atoms with van der Waals surface area (Å²) in [7, 11) is 0. The quantitative estimate of drug-likeness (QED) is 0.536. The number of aromatic nitrogens is 1. The van der Waals surface area contributed by atoms with Crippen LogP contribution in [0.1, 0.15) is 0 Å². The van der Waals surface area contributed by atoms with Crippen molar-refractivity contribution in [3.05, 3.63) is 35.7 Å². The van der Waals surface area contributed by atoms with E-state index in [0.29, 0.717) is 5.69 Å². The van der Waals surface area contributed by atoms with E-state index in [1.54, 1.807) is 5.38 Å². The maximum Gasteiger partial charge on any atom is 0.405 e. The molecule has 1 aromatic heterocycles. The van der Waals surface area contributed by atoms with E-state index >= 15 is 0 Å². The fraction of sp³-hybridized carbons (Fsp3) is 0.143. The zero-order valence-electron chi connectivity index (χ0n) is 12.2. The second-order valence-electron chi connectivity index (χ2n) is 4.58. The molecule has 1 heterocycles. The summed E-state index contributed by atoms with van der Waals surface area (Å²) in [4.78, 5) is 37.6. The number of rotatable bonds is 6. The van der Waals surface area contributed by atoms with Crippen molar-refractivity contribution in [3.63, 3.8) is 0 Å². The average Bonchev–Trinajstić information content (AvgIpc) is 3.00. The third-order valence-corrected chi connectivity index (χ3v) is 3.63. The Balaban J connectivity index is 2.04. The number of carbonyl (C=O) groups is 3. The molecule has 126 valence electrons. The molecule has 2 rings (SSSR count). The molecular weight excluding hydrogens is 336 g/mol. The normalized spacial score (nSPS) is 11.3. The SMILES string of the molecule is O=C(O)NCC(NC(=O)O)C(=O)Nc1nc(-c2ccccc2)cs1. The highest BCUT2D eigenvalue weighted by atomic mass is 32.1. The van der Waals surface area contributed by atoms with Gasteiger partial charge in [0.25, 0.3) is 5.91 Å². The number of amides is 3. The number of hydrogen-bond donors (Lipinski definition) is 5. The van der Waals surface area contributed by atoms with E-state index in [4.69, 9.17) is 10.2 Å². The molecule has 0 saturated heterocycles. The van der Waals surface area contributed by atoms with Crippen LogP contribution in [0.4, 0.5) is 14.7 Å². The van der Waals surface area contributed by atoms with Gasteiger partial charge in [-0.1, -0.05) is 30.3 Å². The van der Waals surface area contributed by atoms with Crippen LogP contribution in [0.25, 0.3) is 11.3 Å². The van der Waals surface area contributed by atoms with E-state index in [0.717, 1.165) is 5.56 Å². The molecule has 5 N–H and O–H groups in total. The largest absolute Gasteiger partial charge is 0.465 e. The number of carbonyl (C=O) groups excluding carboxylic acids is 1. The molecule has 2 aromatic rings. The highest BCUT2D eigenvalue weighted by Crippen LogP contribution is 2.24. The predicted molar refractivity (Wildman–Crippen MR) is 87.2 cm³/mol. The number of hydrogen-bond acceptors (Lipinski definition) is 5. The Morgan fingerprint density at radius 3 is 2.46 bits per heavy atom. The van der Waals surface area contributed by atoms with E-state index < -0.39 is 30.7 Å². The van der Waals surface area contributed by atoms with Gasteiger partial charge >= 0.3 is 12.2 Å². The first kappa shape index (κ1) is 17.2. The van der Waals surface area contributed by atoms with Crippen molar-refractivity contribution in [3.8, 4) is 11.3 Å². The van der Waals surface area contributed by atoms with Crippen molar-refractivity contribution >= 4 is 34.6 Å². The van der Waals surface area contributed by atoms with Crippen LogP contribution in [-0.4, -0.2) is 45.9 Å². The third-order valence-electron chi connectivity index (χ3n) is 2.88. The number of carboxylic acid groups (broad SMARTS) is 2. The van der Waals surface area contributed by atoms with Gasteiger partial charge in [-0.25, -0.2) is 14.6 Å². The summed E-state index contributed by atoms with van der Waals surface area (Å²) < 4.78 is 0. The molecule has 0 aliphatic heterocycles. The predicted octanol–water partition coefficient (Wildman–Crippen LogP) is 1.65. The van der Waals surface area contributed by atoms with Crippen molar-refractivity contribution in [2.24, 2.45) is 0 Å². The molecule has 10 heteroatoms. The zero-order valence-corrected chi connectivity index (χ0v) is 13.0. The van der Waals surface area contributed by atoms with Crippen LogP contribution in [0.15, 0.2) is 35.7 Å². The Hall–Kier alpha value is -3.14. The van der Waals surface area contributed by atoms with Crippen molar-refractivity contribution in [1.82, 2.24) is 15.6 Å². The lowest BCUT2D eigenvalue weighted by molar-refractivity contribution is -0.117. The Kier molecular flexibility index (Phi) is 5.68. The summed E-state index contributed by atoms with van der Waals surface area (Å²) >= 11 is 1.18. The number of anilines is 1. The van der Waals surface area contributed by atoms with E-state index in [9.17, 15) is 14.4 Å². The summed E-state index contributed by atoms with van der Waals surface area (Å²) in [6.07, 6.45) is -2.80. The lowest BCUT2D eigenvalue weighted by Gasteiger charge is -2.15. The summed E-state index contributed by atoms with van der Waals surface area (Å²) in [5.74, 6) is -0.708. The molecule has 0 saturated carbocycles. The summed E-state index contributed by atoms with van der Waals surface area (Å²) in [6, 6.07) is 8.05. The minimum absolute atomic E-state index is 0.284. The van der Waals surface area contributed by atoms with E-state index in [1.807, 2.05) is 41.0 Å². The third kappa shape index (κ3) is 4.95. The average molecular weight is 350 g/mol. The molecule has 24 heavy (non-hydrogen) atoms. The summed E-state index contributed by atoms with van der Waals surface area (Å²) in [6.45, 7) is -0.398. The minimum atomic E-state index is -1.44. The smallest absolute Gasteiger partial charge is 0.405 e. The van der Waals surface area contributed by atoms with Crippen molar-refractivity contribution in [2.45, 2.75) is 6.04 Å². The van der Waals surface area contributed by atoms with Gasteiger partial charge < -0.3 is 26.2 Å². The van der Waals surface area contributed by atoms with Crippen LogP contribution in [-0.2, 0) is 4.79 Å². The first-order valence-corrected chi connectivity index (χ1v) is 7.61. The molecule has 0 aliphatic rings. The van der Waals surface area contributed by atoms with Gasteiger partial charge in [-0.15, -0.1) is 11.3 Å². The molecule has 0 fully saturated rings. The molecule has 0 bridgehead atoms. The van der Waals surface area contributed by atoms with Crippen LogP contribution in [0.3, 0.4) is 0 Å². The van der Waals surface area contributed by atoms with Crippen LogP contribution in [0.2, 0.25) is 0 Å². The molecular formula is C14H14N4O5S. The Bertz CT molecular complexity index is 734. The first-order valence-electron chi connectivity index (χ1n) is 6.74. The fourth-order valence-corrected chi connectivity index (χ4v) is 2.54. The van der Waals surface area contributed by atoms with Gasteiger partial charge in [0.15, 0.2) is 5.13 Å². The van der Waals surface area contributed by atoms with Gasteiger partial charge in [0, 0.05) is 10.9 Å². The van der Waals surface area contributed by atoms with Crippen LogP contribution < -0.4 is 16.0 Å². The number of benzene rings is 1. The van der Waals surface area contributed by atoms with Gasteiger partial charge in [-0.3, -0.25) is 4.79 Å². The van der Waals surface area contributed by atoms with Gasteiger partial charge in [-0.2, -0.15) is 0 Å². The Labute approximate surface area is 140 Å². The summed E-state index contributed by atoms with van der Waals surface area (Å²) in [5, 5.41) is 25.7. The lowest BCUT2D eigenvalue weighted by Crippen LogP contribution is -2.50. The molecule has 9 nitrogen and oxygen atoms in total. The number of nitrogens with one attached hydrogen (secondary N) is 3. The minimum Gasteiger partial charge on any atom is -0.465 e. The second kappa shape index (κ2) is 7.92. The van der Waals surface area contributed by atoms with Crippen molar-refractivity contribution in [2.75, 3.05) is 11.9 Å². The maximum absolute atomic E-state index is 12.1. The molecule has 3 amide bonds. The molecule has 1 atom stereocenters. The van der Waals surface area contributed by atoms with E-state index in [-0.39, 0.29) is 5.13 Å². The second-order valence-corrected chi connectivity index (χ2v) is 5.44. The van der Waals surface area contributed by atoms with Gasteiger partial charge in [0.05, 0.1) is 12.2 Å². The van der Waals surface area contributed by atoms with Crippen LogP contribution in [0, 0.1) is 0 Å². The van der Waals surface area contributed by atoms with Crippen molar-refractivity contribution in [1.29, 1.82) is 0 Å². The highest BCUT2D eigenvalue weighted by Gasteiger charge is 2.22. The molecule has 0 aliphatic carbocycles. The fourth-order valence-electron chi connectivity index (χ4n) is 1.81. The Morgan fingerprint density at radius 1 is 1.12 bits per heavy atom. The molecule has 1 unspecified atom stereocenters. The number of nitrogens with zero attached hydrogens (tertiary/aromatic N) is 1.